The van der Waals surface area contributed by atoms with Crippen molar-refractivity contribution in [1.29, 1.82) is 0 Å². The number of ether oxygens (including phenoxy) is 4. The molecule has 42 heavy (non-hydrogen) atoms. The lowest BCUT2D eigenvalue weighted by atomic mass is 9.85. The molecule has 1 unspecified atom stereocenters. The number of unbranched alkanes of at least 4 members (excludes halogenated alkanes) is 7. The summed E-state index contributed by atoms with van der Waals surface area (Å²) in [6, 6.07) is 10.3. The minimum absolute atomic E-state index is 0.120. The minimum Gasteiger partial charge on any atom is -0.493 e. The van der Waals surface area contributed by atoms with Gasteiger partial charge in [-0.15, -0.1) is 0 Å². The van der Waals surface area contributed by atoms with Crippen molar-refractivity contribution in [3.63, 3.8) is 0 Å². The molecule has 1 saturated heterocycles. The fraction of sp³-hybridized carbons (Fsp3) is 0.556. The smallest absolute Gasteiger partial charge is 0.333 e. The second-order valence-corrected chi connectivity index (χ2v) is 12.2. The Hall–Kier alpha value is -3.28. The third-order valence-electron chi connectivity index (χ3n) is 7.90. The first-order valence-corrected chi connectivity index (χ1v) is 15.6. The number of carbonyl (C=O) groups is 2. The van der Waals surface area contributed by atoms with E-state index in [-0.39, 0.29) is 18.0 Å². The van der Waals surface area contributed by atoms with Gasteiger partial charge in [-0.2, -0.15) is 0 Å². The van der Waals surface area contributed by atoms with Gasteiger partial charge in [0, 0.05) is 23.0 Å². The van der Waals surface area contributed by atoms with Crippen molar-refractivity contribution in [3.05, 3.63) is 59.2 Å². The van der Waals surface area contributed by atoms with Gasteiger partial charge in [-0.3, -0.25) is 4.79 Å². The lowest BCUT2D eigenvalue weighted by molar-refractivity contribution is -0.154. The molecule has 6 heteroatoms. The lowest BCUT2D eigenvalue weighted by Crippen LogP contribution is -2.36. The number of carbonyl (C=O) groups excluding carboxylic acids is 2. The number of esters is 2. The number of hydrogen-bond donors (Lipinski definition) is 0. The Labute approximate surface area is 252 Å². The van der Waals surface area contributed by atoms with Crippen molar-refractivity contribution in [3.8, 4) is 22.6 Å². The zero-order chi connectivity index (χ0) is 30.5. The number of benzene rings is 2. The summed E-state index contributed by atoms with van der Waals surface area (Å²) in [5, 5.41) is 0. The average molecular weight is 579 g/mol. The number of aryl methyl sites for hydroxylation is 2. The molecule has 3 rings (SSSR count). The first kappa shape index (κ1) is 33.2. The Morgan fingerprint density at radius 3 is 2.24 bits per heavy atom. The zero-order valence-corrected chi connectivity index (χ0v) is 26.4. The van der Waals surface area contributed by atoms with Gasteiger partial charge in [0.25, 0.3) is 0 Å². The molecule has 6 nitrogen and oxygen atoms in total. The number of hydrogen-bond acceptors (Lipinski definition) is 6. The highest BCUT2D eigenvalue weighted by molar-refractivity contribution is 5.87. The number of cyclic esters (lactones) is 1. The van der Waals surface area contributed by atoms with Crippen LogP contribution in [0.2, 0.25) is 0 Å². The standard InChI is InChI=1S/C36H50O6/c1-7-8-9-10-11-12-13-14-19-39-32-16-15-29(22-31(32)23-40-35(38)26(2)3)30-20-27(4)34(28(5)21-30)42-25-36(6)18-17-33(37)41-24-36/h15-16,20-22H,2,7-14,17-19,23-25H2,1,3-6H3. The van der Waals surface area contributed by atoms with E-state index in [1.807, 2.05) is 26.0 Å². The molecule has 0 bridgehead atoms. The van der Waals surface area contributed by atoms with Crippen molar-refractivity contribution in [1.82, 2.24) is 0 Å². The highest BCUT2D eigenvalue weighted by Crippen LogP contribution is 2.35. The summed E-state index contributed by atoms with van der Waals surface area (Å²) in [5.74, 6) is 1.05. The third kappa shape index (κ3) is 10.2. The van der Waals surface area contributed by atoms with Gasteiger partial charge >= 0.3 is 11.9 Å². The van der Waals surface area contributed by atoms with Gasteiger partial charge in [0.1, 0.15) is 18.1 Å². The van der Waals surface area contributed by atoms with Crippen molar-refractivity contribution < 1.29 is 28.5 Å². The summed E-state index contributed by atoms with van der Waals surface area (Å²) >= 11 is 0. The molecular weight excluding hydrogens is 528 g/mol. The molecule has 0 aliphatic carbocycles. The molecule has 1 aliphatic heterocycles. The largest absolute Gasteiger partial charge is 0.493 e. The predicted octanol–water partition coefficient (Wildman–Crippen LogP) is 8.83. The van der Waals surface area contributed by atoms with Crippen LogP contribution in [0.5, 0.6) is 11.5 Å². The summed E-state index contributed by atoms with van der Waals surface area (Å²) in [7, 11) is 0. The third-order valence-corrected chi connectivity index (χ3v) is 7.90. The van der Waals surface area contributed by atoms with Gasteiger partial charge in [-0.05, 0) is 80.1 Å². The normalized spacial score (nSPS) is 16.5. The molecule has 0 saturated carbocycles. The molecule has 0 spiro atoms. The zero-order valence-electron chi connectivity index (χ0n) is 26.4. The van der Waals surface area contributed by atoms with Gasteiger partial charge < -0.3 is 18.9 Å². The first-order valence-electron chi connectivity index (χ1n) is 15.6. The van der Waals surface area contributed by atoms with Crippen LogP contribution in [-0.2, 0) is 25.7 Å². The molecule has 0 aromatic heterocycles. The van der Waals surface area contributed by atoms with Crippen LogP contribution in [0.4, 0.5) is 0 Å². The Kier molecular flexibility index (Phi) is 13.0. The van der Waals surface area contributed by atoms with E-state index in [2.05, 4.69) is 38.6 Å². The van der Waals surface area contributed by atoms with Crippen LogP contribution in [0.15, 0.2) is 42.5 Å². The fourth-order valence-corrected chi connectivity index (χ4v) is 5.20. The summed E-state index contributed by atoms with van der Waals surface area (Å²) in [4.78, 5) is 23.6. The molecule has 2 aromatic carbocycles. The monoisotopic (exact) mass is 578 g/mol. The molecular formula is C36H50O6. The van der Waals surface area contributed by atoms with E-state index in [1.165, 1.54) is 38.5 Å². The molecule has 1 fully saturated rings. The van der Waals surface area contributed by atoms with Crippen molar-refractivity contribution in [2.45, 2.75) is 105 Å². The van der Waals surface area contributed by atoms with E-state index in [0.29, 0.717) is 31.8 Å². The van der Waals surface area contributed by atoms with Crippen LogP contribution >= 0.6 is 0 Å². The maximum absolute atomic E-state index is 12.1. The molecule has 0 amide bonds. The molecule has 0 radical (unpaired) electrons. The molecule has 1 heterocycles. The van der Waals surface area contributed by atoms with Gasteiger partial charge in [-0.25, -0.2) is 4.79 Å². The average Bonchev–Trinajstić information content (AvgIpc) is 2.96. The molecule has 230 valence electrons. The van der Waals surface area contributed by atoms with E-state index in [0.717, 1.165) is 58.6 Å². The first-order chi connectivity index (χ1) is 20.1. The van der Waals surface area contributed by atoms with E-state index < -0.39 is 5.97 Å². The number of rotatable bonds is 17. The van der Waals surface area contributed by atoms with Gasteiger partial charge in [0.05, 0.1) is 19.8 Å². The quantitative estimate of drug-likeness (QED) is 0.106. The van der Waals surface area contributed by atoms with Crippen LogP contribution in [0, 0.1) is 19.3 Å². The highest BCUT2D eigenvalue weighted by atomic mass is 16.5. The molecule has 2 aromatic rings. The summed E-state index contributed by atoms with van der Waals surface area (Å²) in [6.45, 7) is 15.4. The maximum Gasteiger partial charge on any atom is 0.333 e. The van der Waals surface area contributed by atoms with Crippen molar-refractivity contribution >= 4 is 11.9 Å². The summed E-state index contributed by atoms with van der Waals surface area (Å²) in [6.07, 6.45) is 11.1. The molecule has 1 atom stereocenters. The van der Waals surface area contributed by atoms with Crippen molar-refractivity contribution in [2.75, 3.05) is 19.8 Å². The summed E-state index contributed by atoms with van der Waals surface area (Å²) in [5.41, 5.74) is 5.15. The van der Waals surface area contributed by atoms with E-state index in [4.69, 9.17) is 18.9 Å². The topological polar surface area (TPSA) is 71.1 Å². The predicted molar refractivity (Wildman–Crippen MR) is 168 cm³/mol. The molecule has 1 aliphatic rings. The Morgan fingerprint density at radius 2 is 1.62 bits per heavy atom. The second kappa shape index (κ2) is 16.4. The van der Waals surface area contributed by atoms with Crippen LogP contribution in [-0.4, -0.2) is 31.8 Å². The molecule has 0 N–H and O–H groups in total. The van der Waals surface area contributed by atoms with Gasteiger partial charge in [0.2, 0.25) is 0 Å². The maximum atomic E-state index is 12.1. The lowest BCUT2D eigenvalue weighted by Gasteiger charge is -2.32. The Balaban J connectivity index is 1.68. The Bertz CT molecular complexity index is 1180. The van der Waals surface area contributed by atoms with Crippen LogP contribution in [0.25, 0.3) is 11.1 Å². The van der Waals surface area contributed by atoms with Crippen molar-refractivity contribution in [2.24, 2.45) is 5.41 Å². The SMILES string of the molecule is C=C(C)C(=O)OCc1cc(-c2cc(C)c(OCC3(C)CCC(=O)OC3)c(C)c2)ccc1OCCCCCCCCCC. The Morgan fingerprint density at radius 1 is 0.952 bits per heavy atom. The fourth-order valence-electron chi connectivity index (χ4n) is 5.20. The second-order valence-electron chi connectivity index (χ2n) is 12.2. The van der Waals surface area contributed by atoms with Crippen LogP contribution in [0.1, 0.15) is 102 Å². The van der Waals surface area contributed by atoms with Crippen LogP contribution < -0.4 is 9.47 Å². The highest BCUT2D eigenvalue weighted by Gasteiger charge is 2.32. The van der Waals surface area contributed by atoms with Crippen LogP contribution in [0.3, 0.4) is 0 Å². The summed E-state index contributed by atoms with van der Waals surface area (Å²) < 4.78 is 23.3. The van der Waals surface area contributed by atoms with E-state index >= 15 is 0 Å². The minimum atomic E-state index is -0.413. The van der Waals surface area contributed by atoms with E-state index in [1.54, 1.807) is 6.92 Å². The van der Waals surface area contributed by atoms with Gasteiger partial charge in [-0.1, -0.05) is 71.4 Å². The van der Waals surface area contributed by atoms with Gasteiger partial charge in [0.15, 0.2) is 0 Å². The van der Waals surface area contributed by atoms with E-state index in [9.17, 15) is 9.59 Å².